The first-order chi connectivity index (χ1) is 11.7. The van der Waals surface area contributed by atoms with Crippen molar-refractivity contribution in [1.82, 2.24) is 10.6 Å². The molecule has 0 saturated heterocycles. The Morgan fingerprint density at radius 2 is 1.33 bits per heavy atom. The SMILES string of the molecule is CCCCCNC(=O)NCCCCCCC/C=C\CCCC(=O)O. The third-order valence-corrected chi connectivity index (χ3v) is 3.83. The van der Waals surface area contributed by atoms with Crippen LogP contribution in [0.1, 0.15) is 84.0 Å². The van der Waals surface area contributed by atoms with Gasteiger partial charge in [0.2, 0.25) is 0 Å². The minimum Gasteiger partial charge on any atom is -0.481 e. The van der Waals surface area contributed by atoms with Gasteiger partial charge in [0.05, 0.1) is 0 Å². The molecule has 0 atom stereocenters. The molecule has 2 amide bonds. The van der Waals surface area contributed by atoms with Gasteiger partial charge in [-0.3, -0.25) is 4.79 Å². The number of aliphatic carboxylic acids is 1. The average Bonchev–Trinajstić information content (AvgIpc) is 2.55. The lowest BCUT2D eigenvalue weighted by Crippen LogP contribution is -2.36. The summed E-state index contributed by atoms with van der Waals surface area (Å²) in [5, 5.41) is 14.3. The van der Waals surface area contributed by atoms with E-state index in [9.17, 15) is 9.59 Å². The van der Waals surface area contributed by atoms with Crippen molar-refractivity contribution in [1.29, 1.82) is 0 Å². The maximum atomic E-state index is 11.5. The van der Waals surface area contributed by atoms with E-state index in [0.29, 0.717) is 0 Å². The molecule has 140 valence electrons. The van der Waals surface area contributed by atoms with Crippen LogP contribution in [0.2, 0.25) is 0 Å². The Kier molecular flexibility index (Phi) is 16.7. The number of urea groups is 1. The predicted molar refractivity (Wildman–Crippen MR) is 99.3 cm³/mol. The zero-order valence-corrected chi connectivity index (χ0v) is 15.3. The molecule has 0 aliphatic rings. The predicted octanol–water partition coefficient (Wildman–Crippen LogP) is 4.63. The van der Waals surface area contributed by atoms with Crippen LogP contribution in [-0.2, 0) is 4.79 Å². The molecule has 0 spiro atoms. The Morgan fingerprint density at radius 3 is 1.96 bits per heavy atom. The molecule has 0 heterocycles. The molecule has 0 saturated carbocycles. The molecule has 0 aliphatic heterocycles. The highest BCUT2D eigenvalue weighted by molar-refractivity contribution is 5.73. The lowest BCUT2D eigenvalue weighted by Gasteiger charge is -2.07. The number of carboxylic acid groups (broad SMARTS) is 1. The van der Waals surface area contributed by atoms with Gasteiger partial charge in [0.15, 0.2) is 0 Å². The number of nitrogens with one attached hydrogen (secondary N) is 2. The normalized spacial score (nSPS) is 10.9. The lowest BCUT2D eigenvalue weighted by molar-refractivity contribution is -0.137. The molecule has 3 N–H and O–H groups in total. The van der Waals surface area contributed by atoms with E-state index in [-0.39, 0.29) is 12.5 Å². The molecule has 0 aromatic rings. The second-order valence-electron chi connectivity index (χ2n) is 6.20. The summed E-state index contributed by atoms with van der Waals surface area (Å²) in [6.07, 6.45) is 16.3. The van der Waals surface area contributed by atoms with Gasteiger partial charge in [-0.25, -0.2) is 4.79 Å². The third-order valence-electron chi connectivity index (χ3n) is 3.83. The zero-order valence-electron chi connectivity index (χ0n) is 15.3. The van der Waals surface area contributed by atoms with Gasteiger partial charge in [-0.05, 0) is 38.5 Å². The van der Waals surface area contributed by atoms with E-state index in [1.807, 2.05) is 0 Å². The molecule has 24 heavy (non-hydrogen) atoms. The first kappa shape index (κ1) is 22.5. The quantitative estimate of drug-likeness (QED) is 0.283. The Morgan fingerprint density at radius 1 is 0.792 bits per heavy atom. The maximum absolute atomic E-state index is 11.5. The number of amides is 2. The topological polar surface area (TPSA) is 78.4 Å². The lowest BCUT2D eigenvalue weighted by atomic mass is 10.1. The Balaban J connectivity index is 3.20. The summed E-state index contributed by atoms with van der Waals surface area (Å²) in [4.78, 5) is 21.8. The zero-order chi connectivity index (χ0) is 17.9. The fourth-order valence-electron chi connectivity index (χ4n) is 2.37. The van der Waals surface area contributed by atoms with Gasteiger partial charge in [0.1, 0.15) is 0 Å². The van der Waals surface area contributed by atoms with Gasteiger partial charge in [-0.15, -0.1) is 0 Å². The highest BCUT2D eigenvalue weighted by atomic mass is 16.4. The molecular weight excluding hydrogens is 304 g/mol. The highest BCUT2D eigenvalue weighted by Crippen LogP contribution is 2.06. The van der Waals surface area contributed by atoms with Crippen LogP contribution in [0, 0.1) is 0 Å². The van der Waals surface area contributed by atoms with Gasteiger partial charge >= 0.3 is 12.0 Å². The number of allylic oxidation sites excluding steroid dienone is 2. The number of hydrogen-bond donors (Lipinski definition) is 3. The molecule has 0 bridgehead atoms. The third kappa shape index (κ3) is 18.5. The van der Waals surface area contributed by atoms with Crippen molar-refractivity contribution < 1.29 is 14.7 Å². The number of carbonyl (C=O) groups excluding carboxylic acids is 1. The number of unbranched alkanes of at least 4 members (excludes halogenated alkanes) is 8. The molecule has 0 aromatic heterocycles. The van der Waals surface area contributed by atoms with Gasteiger partial charge in [-0.1, -0.05) is 51.2 Å². The molecular formula is C19H36N2O3. The molecule has 0 radical (unpaired) electrons. The minimum atomic E-state index is -0.716. The largest absolute Gasteiger partial charge is 0.481 e. The molecule has 0 aliphatic carbocycles. The Labute approximate surface area is 147 Å². The van der Waals surface area contributed by atoms with Crippen molar-refractivity contribution in [3.8, 4) is 0 Å². The summed E-state index contributed by atoms with van der Waals surface area (Å²) < 4.78 is 0. The summed E-state index contributed by atoms with van der Waals surface area (Å²) in [6, 6.07) is -0.0425. The number of rotatable bonds is 16. The van der Waals surface area contributed by atoms with Crippen molar-refractivity contribution in [2.45, 2.75) is 84.0 Å². The summed E-state index contributed by atoms with van der Waals surface area (Å²) >= 11 is 0. The molecule has 5 heteroatoms. The van der Waals surface area contributed by atoms with E-state index < -0.39 is 5.97 Å². The second-order valence-corrected chi connectivity index (χ2v) is 6.20. The van der Waals surface area contributed by atoms with E-state index in [4.69, 9.17) is 5.11 Å². The average molecular weight is 341 g/mol. The molecule has 0 unspecified atom stereocenters. The molecule has 5 nitrogen and oxygen atoms in total. The van der Waals surface area contributed by atoms with Gasteiger partial charge in [0, 0.05) is 19.5 Å². The van der Waals surface area contributed by atoms with E-state index in [1.54, 1.807) is 0 Å². The van der Waals surface area contributed by atoms with Crippen molar-refractivity contribution in [2.24, 2.45) is 0 Å². The van der Waals surface area contributed by atoms with Crippen LogP contribution in [0.4, 0.5) is 4.79 Å². The van der Waals surface area contributed by atoms with E-state index in [0.717, 1.165) is 58.0 Å². The van der Waals surface area contributed by atoms with E-state index in [2.05, 4.69) is 29.7 Å². The fourth-order valence-corrected chi connectivity index (χ4v) is 2.37. The van der Waals surface area contributed by atoms with Gasteiger partial charge in [-0.2, -0.15) is 0 Å². The second kappa shape index (κ2) is 17.8. The van der Waals surface area contributed by atoms with E-state index in [1.165, 1.54) is 25.7 Å². The van der Waals surface area contributed by atoms with Crippen molar-refractivity contribution in [3.05, 3.63) is 12.2 Å². The monoisotopic (exact) mass is 340 g/mol. The van der Waals surface area contributed by atoms with Crippen molar-refractivity contribution in [2.75, 3.05) is 13.1 Å². The number of hydrogen-bond acceptors (Lipinski definition) is 2. The summed E-state index contributed by atoms with van der Waals surface area (Å²) in [6.45, 7) is 3.67. The Bertz CT molecular complexity index is 344. The van der Waals surface area contributed by atoms with Gasteiger partial charge < -0.3 is 15.7 Å². The Hall–Kier alpha value is -1.52. The highest BCUT2D eigenvalue weighted by Gasteiger charge is 1.98. The van der Waals surface area contributed by atoms with Crippen LogP contribution in [0.25, 0.3) is 0 Å². The van der Waals surface area contributed by atoms with Crippen LogP contribution in [0.5, 0.6) is 0 Å². The van der Waals surface area contributed by atoms with Crippen LogP contribution >= 0.6 is 0 Å². The standard InChI is InChI=1S/C19H36N2O3/c1-2-3-13-16-20-19(24)21-17-14-11-9-7-5-4-6-8-10-12-15-18(22)23/h6,8H,2-5,7,9-17H2,1H3,(H,22,23)(H2,20,21,24)/b8-6-. The van der Waals surface area contributed by atoms with E-state index >= 15 is 0 Å². The first-order valence-electron chi connectivity index (χ1n) is 9.55. The smallest absolute Gasteiger partial charge is 0.314 e. The first-order valence-corrected chi connectivity index (χ1v) is 9.55. The summed E-state index contributed by atoms with van der Waals surface area (Å²) in [5.41, 5.74) is 0. The molecule has 0 aromatic carbocycles. The van der Waals surface area contributed by atoms with Crippen LogP contribution < -0.4 is 10.6 Å². The summed E-state index contributed by atoms with van der Waals surface area (Å²) in [5.74, 6) is -0.716. The number of carbonyl (C=O) groups is 2. The fraction of sp³-hybridized carbons (Fsp3) is 0.789. The van der Waals surface area contributed by atoms with Crippen LogP contribution in [0.15, 0.2) is 12.2 Å². The number of carboxylic acids is 1. The van der Waals surface area contributed by atoms with Crippen LogP contribution in [-0.4, -0.2) is 30.2 Å². The minimum absolute atomic E-state index is 0.0425. The van der Waals surface area contributed by atoms with Crippen molar-refractivity contribution >= 4 is 12.0 Å². The molecule has 0 fully saturated rings. The molecule has 0 rings (SSSR count). The van der Waals surface area contributed by atoms with Crippen LogP contribution in [0.3, 0.4) is 0 Å². The maximum Gasteiger partial charge on any atom is 0.314 e. The van der Waals surface area contributed by atoms with Crippen molar-refractivity contribution in [3.63, 3.8) is 0 Å². The summed E-state index contributed by atoms with van der Waals surface area (Å²) in [7, 11) is 0. The van der Waals surface area contributed by atoms with Gasteiger partial charge in [0.25, 0.3) is 0 Å².